The van der Waals surface area contributed by atoms with Crippen LogP contribution in [-0.4, -0.2) is 24.0 Å². The zero-order chi connectivity index (χ0) is 12.4. The fourth-order valence-corrected chi connectivity index (χ4v) is 2.38. The molecule has 1 fully saturated rings. The lowest BCUT2D eigenvalue weighted by molar-refractivity contribution is -0.121. The molecule has 1 rings (SSSR count). The molecular weight excluding hydrogens is 200 g/mol. The SMILES string of the molecule is CC(C)(C)NC(=O)CNC1CCCC1(C)C. The third-order valence-corrected chi connectivity index (χ3v) is 3.28. The van der Waals surface area contributed by atoms with E-state index < -0.39 is 0 Å². The third-order valence-electron chi connectivity index (χ3n) is 3.28. The second kappa shape index (κ2) is 4.74. The summed E-state index contributed by atoms with van der Waals surface area (Å²) in [5.41, 5.74) is 0.200. The fourth-order valence-electron chi connectivity index (χ4n) is 2.38. The molecule has 1 saturated carbocycles. The Morgan fingerprint density at radius 1 is 1.38 bits per heavy atom. The lowest BCUT2D eigenvalue weighted by atomic mass is 9.87. The molecule has 0 aromatic carbocycles. The van der Waals surface area contributed by atoms with Crippen LogP contribution in [0.5, 0.6) is 0 Å². The Morgan fingerprint density at radius 3 is 2.44 bits per heavy atom. The molecule has 2 N–H and O–H groups in total. The third kappa shape index (κ3) is 4.12. The number of nitrogens with one attached hydrogen (secondary N) is 2. The molecule has 1 atom stereocenters. The van der Waals surface area contributed by atoms with Gasteiger partial charge in [-0.25, -0.2) is 0 Å². The van der Waals surface area contributed by atoms with E-state index in [1.165, 1.54) is 19.3 Å². The van der Waals surface area contributed by atoms with Gasteiger partial charge in [-0.15, -0.1) is 0 Å². The highest BCUT2D eigenvalue weighted by molar-refractivity contribution is 5.78. The average Bonchev–Trinajstić information content (AvgIpc) is 2.38. The Kier molecular flexibility index (Phi) is 4.00. The highest BCUT2D eigenvalue weighted by Gasteiger charge is 2.34. The molecule has 3 nitrogen and oxygen atoms in total. The minimum absolute atomic E-state index is 0.0928. The van der Waals surface area contributed by atoms with E-state index in [-0.39, 0.29) is 11.4 Å². The molecule has 0 heterocycles. The van der Waals surface area contributed by atoms with Crippen molar-refractivity contribution in [3.8, 4) is 0 Å². The van der Waals surface area contributed by atoms with Crippen LogP contribution in [0.3, 0.4) is 0 Å². The first kappa shape index (κ1) is 13.5. The van der Waals surface area contributed by atoms with Crippen molar-refractivity contribution in [1.29, 1.82) is 0 Å². The predicted octanol–water partition coefficient (Wildman–Crippen LogP) is 2.07. The molecule has 1 amide bonds. The maximum absolute atomic E-state index is 11.7. The van der Waals surface area contributed by atoms with Gasteiger partial charge in [0.25, 0.3) is 0 Å². The summed E-state index contributed by atoms with van der Waals surface area (Å²) >= 11 is 0. The van der Waals surface area contributed by atoms with Gasteiger partial charge in [0, 0.05) is 11.6 Å². The van der Waals surface area contributed by atoms with Crippen molar-refractivity contribution < 1.29 is 4.79 Å². The molecule has 3 heteroatoms. The van der Waals surface area contributed by atoms with E-state index >= 15 is 0 Å². The van der Waals surface area contributed by atoms with Crippen LogP contribution >= 0.6 is 0 Å². The van der Waals surface area contributed by atoms with E-state index in [9.17, 15) is 4.79 Å². The Labute approximate surface area is 99.4 Å². The zero-order valence-corrected chi connectivity index (χ0v) is 11.3. The quantitative estimate of drug-likeness (QED) is 0.773. The summed E-state index contributed by atoms with van der Waals surface area (Å²) in [4.78, 5) is 11.7. The van der Waals surface area contributed by atoms with Crippen molar-refractivity contribution in [2.75, 3.05) is 6.54 Å². The molecule has 94 valence electrons. The van der Waals surface area contributed by atoms with E-state index in [1.807, 2.05) is 20.8 Å². The number of carbonyl (C=O) groups is 1. The molecule has 0 radical (unpaired) electrons. The number of rotatable bonds is 3. The van der Waals surface area contributed by atoms with Gasteiger partial charge >= 0.3 is 0 Å². The van der Waals surface area contributed by atoms with Crippen molar-refractivity contribution >= 4 is 5.91 Å². The first-order valence-corrected chi connectivity index (χ1v) is 6.25. The Hall–Kier alpha value is -0.570. The van der Waals surface area contributed by atoms with Gasteiger partial charge in [0.2, 0.25) is 5.91 Å². The highest BCUT2D eigenvalue weighted by atomic mass is 16.2. The molecule has 0 saturated heterocycles. The van der Waals surface area contributed by atoms with Crippen LogP contribution in [0.2, 0.25) is 0 Å². The minimum atomic E-state index is -0.135. The van der Waals surface area contributed by atoms with Gasteiger partial charge in [0.15, 0.2) is 0 Å². The van der Waals surface area contributed by atoms with Gasteiger partial charge in [0.05, 0.1) is 6.54 Å². The number of carbonyl (C=O) groups excluding carboxylic acids is 1. The van der Waals surface area contributed by atoms with Crippen molar-refractivity contribution in [1.82, 2.24) is 10.6 Å². The fraction of sp³-hybridized carbons (Fsp3) is 0.923. The summed E-state index contributed by atoms with van der Waals surface area (Å²) in [5.74, 6) is 0.0928. The summed E-state index contributed by atoms with van der Waals surface area (Å²) in [7, 11) is 0. The zero-order valence-electron chi connectivity index (χ0n) is 11.3. The maximum atomic E-state index is 11.7. The van der Waals surface area contributed by atoms with Gasteiger partial charge in [-0.05, 0) is 39.0 Å². The molecule has 1 unspecified atom stereocenters. The first-order valence-electron chi connectivity index (χ1n) is 6.25. The van der Waals surface area contributed by atoms with Crippen LogP contribution in [0.25, 0.3) is 0 Å². The summed E-state index contributed by atoms with van der Waals surface area (Å²) in [6.07, 6.45) is 3.72. The van der Waals surface area contributed by atoms with Gasteiger partial charge in [-0.3, -0.25) is 4.79 Å². The van der Waals surface area contributed by atoms with Crippen LogP contribution < -0.4 is 10.6 Å². The summed E-state index contributed by atoms with van der Waals surface area (Å²) in [6, 6.07) is 0.484. The Bertz CT molecular complexity index is 253. The van der Waals surface area contributed by atoms with Gasteiger partial charge < -0.3 is 10.6 Å². The second-order valence-electron chi connectivity index (χ2n) is 6.61. The predicted molar refractivity (Wildman–Crippen MR) is 67.3 cm³/mol. The van der Waals surface area contributed by atoms with Crippen LogP contribution in [0.15, 0.2) is 0 Å². The Morgan fingerprint density at radius 2 is 2.00 bits per heavy atom. The first-order chi connectivity index (χ1) is 7.21. The normalized spacial score (nSPS) is 24.4. The molecule has 1 aliphatic rings. The molecule has 0 spiro atoms. The van der Waals surface area contributed by atoms with E-state index in [1.54, 1.807) is 0 Å². The van der Waals surface area contributed by atoms with E-state index in [0.717, 1.165) is 0 Å². The molecule has 0 bridgehead atoms. The van der Waals surface area contributed by atoms with E-state index in [0.29, 0.717) is 18.0 Å². The van der Waals surface area contributed by atoms with Crippen LogP contribution in [0.1, 0.15) is 53.9 Å². The average molecular weight is 226 g/mol. The second-order valence-corrected chi connectivity index (χ2v) is 6.61. The molecule has 16 heavy (non-hydrogen) atoms. The molecular formula is C13H26N2O. The van der Waals surface area contributed by atoms with Crippen molar-refractivity contribution in [2.45, 2.75) is 65.5 Å². The number of amides is 1. The smallest absolute Gasteiger partial charge is 0.234 e. The van der Waals surface area contributed by atoms with Gasteiger partial charge in [-0.1, -0.05) is 20.3 Å². The van der Waals surface area contributed by atoms with Crippen molar-refractivity contribution in [2.24, 2.45) is 5.41 Å². The van der Waals surface area contributed by atoms with Crippen molar-refractivity contribution in [3.05, 3.63) is 0 Å². The van der Waals surface area contributed by atoms with Crippen LogP contribution in [-0.2, 0) is 4.79 Å². The van der Waals surface area contributed by atoms with Crippen LogP contribution in [0, 0.1) is 5.41 Å². The molecule has 0 aliphatic heterocycles. The largest absolute Gasteiger partial charge is 0.350 e. The maximum Gasteiger partial charge on any atom is 0.234 e. The van der Waals surface area contributed by atoms with E-state index in [4.69, 9.17) is 0 Å². The standard InChI is InChI=1S/C13H26N2O/c1-12(2,3)15-11(16)9-14-10-7-6-8-13(10,4)5/h10,14H,6-9H2,1-5H3,(H,15,16). The van der Waals surface area contributed by atoms with Crippen molar-refractivity contribution in [3.63, 3.8) is 0 Å². The van der Waals surface area contributed by atoms with Gasteiger partial charge in [-0.2, -0.15) is 0 Å². The number of hydrogen-bond acceptors (Lipinski definition) is 2. The minimum Gasteiger partial charge on any atom is -0.350 e. The summed E-state index contributed by atoms with van der Waals surface area (Å²) in [5, 5.41) is 6.35. The number of hydrogen-bond donors (Lipinski definition) is 2. The lowest BCUT2D eigenvalue weighted by Crippen LogP contribution is -2.48. The van der Waals surface area contributed by atoms with Gasteiger partial charge in [0.1, 0.15) is 0 Å². The Balaban J connectivity index is 2.32. The van der Waals surface area contributed by atoms with E-state index in [2.05, 4.69) is 24.5 Å². The lowest BCUT2D eigenvalue weighted by Gasteiger charge is -2.28. The monoisotopic (exact) mass is 226 g/mol. The van der Waals surface area contributed by atoms with Crippen LogP contribution in [0.4, 0.5) is 0 Å². The topological polar surface area (TPSA) is 41.1 Å². The molecule has 0 aromatic rings. The summed E-state index contributed by atoms with van der Waals surface area (Å²) < 4.78 is 0. The summed E-state index contributed by atoms with van der Waals surface area (Å²) in [6.45, 7) is 11.0. The molecule has 0 aromatic heterocycles. The highest BCUT2D eigenvalue weighted by Crippen LogP contribution is 2.36. The molecule has 1 aliphatic carbocycles.